The minimum atomic E-state index is -0.0377. The molecule has 5 heteroatoms. The topological polar surface area (TPSA) is 68.3 Å². The van der Waals surface area contributed by atoms with E-state index in [9.17, 15) is 0 Å². The lowest BCUT2D eigenvalue weighted by Crippen LogP contribution is -2.12. The number of nitrogens with one attached hydrogen (secondary N) is 1. The molecule has 104 valence electrons. The molecule has 2 aromatic carbocycles. The molecule has 0 aliphatic carbocycles. The van der Waals surface area contributed by atoms with E-state index >= 15 is 0 Å². The SMILES string of the molecule is COc1ccc(C(=N)N)c(Oc2ccccc2SC)c1. The number of rotatable bonds is 5. The Morgan fingerprint density at radius 2 is 1.90 bits per heavy atom. The van der Waals surface area contributed by atoms with Gasteiger partial charge in [-0.05, 0) is 30.5 Å². The first-order valence-electron chi connectivity index (χ1n) is 5.99. The number of para-hydroxylation sites is 1. The monoisotopic (exact) mass is 288 g/mol. The number of benzene rings is 2. The Hall–Kier alpha value is -2.14. The van der Waals surface area contributed by atoms with Crippen LogP contribution in [-0.4, -0.2) is 19.2 Å². The van der Waals surface area contributed by atoms with Crippen LogP contribution in [0.15, 0.2) is 47.4 Å². The van der Waals surface area contributed by atoms with Gasteiger partial charge in [0.25, 0.3) is 0 Å². The standard InChI is InChI=1S/C15H16N2O2S/c1-18-10-7-8-11(15(16)17)13(9-10)19-12-5-3-4-6-14(12)20-2/h3-9H,1-2H3,(H3,16,17). The summed E-state index contributed by atoms with van der Waals surface area (Å²) in [6.45, 7) is 0. The Morgan fingerprint density at radius 1 is 1.15 bits per heavy atom. The Balaban J connectivity index is 2.43. The Kier molecular flexibility index (Phi) is 4.53. The van der Waals surface area contributed by atoms with E-state index in [4.69, 9.17) is 20.6 Å². The zero-order valence-electron chi connectivity index (χ0n) is 11.3. The molecule has 0 radical (unpaired) electrons. The molecule has 2 aromatic rings. The van der Waals surface area contributed by atoms with Crippen molar-refractivity contribution >= 4 is 17.6 Å². The van der Waals surface area contributed by atoms with Crippen molar-refractivity contribution in [3.8, 4) is 17.2 Å². The second kappa shape index (κ2) is 6.34. The van der Waals surface area contributed by atoms with Gasteiger partial charge in [0.2, 0.25) is 0 Å². The molecule has 0 heterocycles. The number of nitrogens with two attached hydrogens (primary N) is 1. The maximum Gasteiger partial charge on any atom is 0.142 e. The Morgan fingerprint density at radius 3 is 2.55 bits per heavy atom. The fraction of sp³-hybridized carbons (Fsp3) is 0.133. The van der Waals surface area contributed by atoms with E-state index in [0.717, 1.165) is 10.6 Å². The molecule has 0 fully saturated rings. The lowest BCUT2D eigenvalue weighted by atomic mass is 10.1. The number of hydrogen-bond acceptors (Lipinski definition) is 4. The van der Waals surface area contributed by atoms with Crippen LogP contribution in [0.25, 0.3) is 0 Å². The van der Waals surface area contributed by atoms with Gasteiger partial charge < -0.3 is 15.2 Å². The van der Waals surface area contributed by atoms with Crippen LogP contribution in [0.1, 0.15) is 5.56 Å². The van der Waals surface area contributed by atoms with Crippen molar-refractivity contribution in [3.63, 3.8) is 0 Å². The van der Waals surface area contributed by atoms with Gasteiger partial charge in [-0.1, -0.05) is 12.1 Å². The molecule has 0 spiro atoms. The summed E-state index contributed by atoms with van der Waals surface area (Å²) in [5.41, 5.74) is 6.13. The average molecular weight is 288 g/mol. The van der Waals surface area contributed by atoms with Crippen molar-refractivity contribution in [2.75, 3.05) is 13.4 Å². The van der Waals surface area contributed by atoms with Crippen molar-refractivity contribution in [3.05, 3.63) is 48.0 Å². The van der Waals surface area contributed by atoms with E-state index in [1.165, 1.54) is 0 Å². The van der Waals surface area contributed by atoms with Crippen LogP contribution in [-0.2, 0) is 0 Å². The minimum Gasteiger partial charge on any atom is -0.497 e. The van der Waals surface area contributed by atoms with Crippen LogP contribution in [0.3, 0.4) is 0 Å². The number of nitrogen functional groups attached to an aromatic ring is 1. The number of ether oxygens (including phenoxy) is 2. The molecule has 0 saturated heterocycles. The average Bonchev–Trinajstić information content (AvgIpc) is 2.47. The first-order valence-corrected chi connectivity index (χ1v) is 7.21. The summed E-state index contributed by atoms with van der Waals surface area (Å²) in [7, 11) is 1.59. The molecule has 0 amide bonds. The summed E-state index contributed by atoms with van der Waals surface area (Å²) >= 11 is 1.60. The van der Waals surface area contributed by atoms with Crippen molar-refractivity contribution in [1.29, 1.82) is 5.41 Å². The van der Waals surface area contributed by atoms with Gasteiger partial charge in [0.1, 0.15) is 23.1 Å². The first-order chi connectivity index (χ1) is 9.65. The van der Waals surface area contributed by atoms with Gasteiger partial charge in [-0.25, -0.2) is 0 Å². The normalized spacial score (nSPS) is 10.1. The molecule has 0 saturated carbocycles. The van der Waals surface area contributed by atoms with Gasteiger partial charge in [-0.3, -0.25) is 5.41 Å². The number of hydrogen-bond donors (Lipinski definition) is 2. The van der Waals surface area contributed by atoms with E-state index in [1.54, 1.807) is 37.1 Å². The highest BCUT2D eigenvalue weighted by Crippen LogP contribution is 2.34. The smallest absolute Gasteiger partial charge is 0.142 e. The third-order valence-corrected chi connectivity index (χ3v) is 3.55. The summed E-state index contributed by atoms with van der Waals surface area (Å²) in [5, 5.41) is 7.62. The molecule has 3 N–H and O–H groups in total. The molecular formula is C15H16N2O2S. The predicted octanol–water partition coefficient (Wildman–Crippen LogP) is 3.49. The van der Waals surface area contributed by atoms with Crippen molar-refractivity contribution in [2.45, 2.75) is 4.90 Å². The van der Waals surface area contributed by atoms with E-state index in [-0.39, 0.29) is 5.84 Å². The van der Waals surface area contributed by atoms with Gasteiger partial charge in [0.15, 0.2) is 0 Å². The predicted molar refractivity (Wildman–Crippen MR) is 82.3 cm³/mol. The summed E-state index contributed by atoms with van der Waals surface area (Å²) in [6, 6.07) is 12.9. The molecule has 0 aliphatic rings. The van der Waals surface area contributed by atoms with Crippen LogP contribution >= 0.6 is 11.8 Å². The van der Waals surface area contributed by atoms with E-state index in [0.29, 0.717) is 17.1 Å². The number of thioether (sulfide) groups is 1. The minimum absolute atomic E-state index is 0.0377. The lowest BCUT2D eigenvalue weighted by molar-refractivity contribution is 0.408. The van der Waals surface area contributed by atoms with Crippen LogP contribution in [0.4, 0.5) is 0 Å². The lowest BCUT2D eigenvalue weighted by Gasteiger charge is -2.13. The summed E-state index contributed by atoms with van der Waals surface area (Å²) in [4.78, 5) is 1.02. The molecular weight excluding hydrogens is 272 g/mol. The fourth-order valence-electron chi connectivity index (χ4n) is 1.76. The van der Waals surface area contributed by atoms with E-state index < -0.39 is 0 Å². The second-order valence-corrected chi connectivity index (χ2v) is 4.88. The largest absolute Gasteiger partial charge is 0.497 e. The van der Waals surface area contributed by atoms with Crippen molar-refractivity contribution in [1.82, 2.24) is 0 Å². The van der Waals surface area contributed by atoms with Gasteiger partial charge in [-0.2, -0.15) is 0 Å². The van der Waals surface area contributed by atoms with E-state index in [1.807, 2.05) is 30.5 Å². The highest BCUT2D eigenvalue weighted by Gasteiger charge is 2.11. The quantitative estimate of drug-likeness (QED) is 0.502. The van der Waals surface area contributed by atoms with Crippen LogP contribution in [0.5, 0.6) is 17.2 Å². The zero-order chi connectivity index (χ0) is 14.5. The highest BCUT2D eigenvalue weighted by molar-refractivity contribution is 7.98. The maximum atomic E-state index is 7.62. The number of methoxy groups -OCH3 is 1. The van der Waals surface area contributed by atoms with Gasteiger partial charge in [0.05, 0.1) is 12.7 Å². The van der Waals surface area contributed by atoms with Crippen LogP contribution in [0.2, 0.25) is 0 Å². The third-order valence-electron chi connectivity index (χ3n) is 2.77. The maximum absolute atomic E-state index is 7.62. The molecule has 0 aromatic heterocycles. The molecule has 2 rings (SSSR count). The van der Waals surface area contributed by atoms with Gasteiger partial charge in [0, 0.05) is 11.0 Å². The highest BCUT2D eigenvalue weighted by atomic mass is 32.2. The van der Waals surface area contributed by atoms with Crippen LogP contribution in [0, 0.1) is 5.41 Å². The Bertz CT molecular complexity index is 629. The van der Waals surface area contributed by atoms with Crippen molar-refractivity contribution in [2.24, 2.45) is 5.73 Å². The molecule has 0 aliphatic heterocycles. The molecule has 0 unspecified atom stereocenters. The van der Waals surface area contributed by atoms with E-state index in [2.05, 4.69) is 0 Å². The molecule has 4 nitrogen and oxygen atoms in total. The molecule has 20 heavy (non-hydrogen) atoms. The first kappa shape index (κ1) is 14.3. The van der Waals surface area contributed by atoms with Gasteiger partial charge >= 0.3 is 0 Å². The second-order valence-electron chi connectivity index (χ2n) is 4.03. The van der Waals surface area contributed by atoms with Crippen molar-refractivity contribution < 1.29 is 9.47 Å². The summed E-state index contributed by atoms with van der Waals surface area (Å²) in [6.07, 6.45) is 1.99. The molecule has 0 atom stereocenters. The fourth-order valence-corrected chi connectivity index (χ4v) is 2.28. The third kappa shape index (κ3) is 3.05. The molecule has 0 bridgehead atoms. The summed E-state index contributed by atoms with van der Waals surface area (Å²) < 4.78 is 11.1. The van der Waals surface area contributed by atoms with Crippen LogP contribution < -0.4 is 15.2 Å². The zero-order valence-corrected chi connectivity index (χ0v) is 12.2. The van der Waals surface area contributed by atoms with Gasteiger partial charge in [-0.15, -0.1) is 11.8 Å². The number of amidine groups is 1. The summed E-state index contributed by atoms with van der Waals surface area (Å²) in [5.74, 6) is 1.87. The Labute approximate surface area is 122 Å².